The molecule has 3 rings (SSSR count). The van der Waals surface area contributed by atoms with Crippen molar-refractivity contribution in [1.29, 1.82) is 0 Å². The number of sulfone groups is 1. The zero-order valence-electron chi connectivity index (χ0n) is 14.0. The molecule has 0 radical (unpaired) electrons. The summed E-state index contributed by atoms with van der Waals surface area (Å²) in [4.78, 5) is 14.7. The SMILES string of the molecule is Cc1ccc(N2C(=O)[C@H](C(C)C)N[C@@H]3CS(=O)(=O)C[C@@H]32)cc1C. The van der Waals surface area contributed by atoms with Gasteiger partial charge in [0.15, 0.2) is 9.84 Å². The first-order valence-electron chi connectivity index (χ1n) is 8.06. The molecule has 0 saturated carbocycles. The van der Waals surface area contributed by atoms with E-state index in [2.05, 4.69) is 5.32 Å². The van der Waals surface area contributed by atoms with Gasteiger partial charge in [-0.3, -0.25) is 10.1 Å². The van der Waals surface area contributed by atoms with E-state index in [4.69, 9.17) is 0 Å². The van der Waals surface area contributed by atoms with Crippen molar-refractivity contribution in [3.8, 4) is 0 Å². The second-order valence-electron chi connectivity index (χ2n) is 7.12. The van der Waals surface area contributed by atoms with Crippen LogP contribution in [0.2, 0.25) is 0 Å². The van der Waals surface area contributed by atoms with Gasteiger partial charge in [-0.15, -0.1) is 0 Å². The fraction of sp³-hybridized carbons (Fsp3) is 0.588. The lowest BCUT2D eigenvalue weighted by Crippen LogP contribution is -2.66. The van der Waals surface area contributed by atoms with Crippen molar-refractivity contribution in [3.63, 3.8) is 0 Å². The van der Waals surface area contributed by atoms with Gasteiger partial charge < -0.3 is 4.90 Å². The lowest BCUT2D eigenvalue weighted by Gasteiger charge is -2.43. The van der Waals surface area contributed by atoms with E-state index in [1.807, 2.05) is 45.9 Å². The van der Waals surface area contributed by atoms with E-state index in [0.29, 0.717) is 0 Å². The van der Waals surface area contributed by atoms with Crippen molar-refractivity contribution in [1.82, 2.24) is 5.32 Å². The molecule has 126 valence electrons. The normalized spacial score (nSPS) is 29.9. The second-order valence-corrected chi connectivity index (χ2v) is 9.27. The highest BCUT2D eigenvalue weighted by molar-refractivity contribution is 7.91. The average molecular weight is 336 g/mol. The summed E-state index contributed by atoms with van der Waals surface area (Å²) in [6, 6.07) is 5.05. The molecular weight excluding hydrogens is 312 g/mol. The van der Waals surface area contributed by atoms with E-state index >= 15 is 0 Å². The number of amides is 1. The zero-order valence-corrected chi connectivity index (χ0v) is 14.9. The van der Waals surface area contributed by atoms with E-state index in [9.17, 15) is 13.2 Å². The molecule has 6 heteroatoms. The van der Waals surface area contributed by atoms with Crippen molar-refractivity contribution in [3.05, 3.63) is 29.3 Å². The van der Waals surface area contributed by atoms with Crippen molar-refractivity contribution in [2.45, 2.75) is 45.8 Å². The van der Waals surface area contributed by atoms with Crippen LogP contribution in [0.25, 0.3) is 0 Å². The third kappa shape index (κ3) is 2.90. The van der Waals surface area contributed by atoms with Gasteiger partial charge in [0.25, 0.3) is 0 Å². The molecule has 1 N–H and O–H groups in total. The fourth-order valence-corrected chi connectivity index (χ4v) is 5.43. The third-order valence-electron chi connectivity index (χ3n) is 4.99. The summed E-state index contributed by atoms with van der Waals surface area (Å²) in [6.07, 6.45) is 0. The number of hydrogen-bond donors (Lipinski definition) is 1. The standard InChI is InChI=1S/C17H24N2O3S/c1-10(2)16-17(20)19(13-6-5-11(3)12(4)7-13)15-9-23(21,22)8-14(15)18-16/h5-7,10,14-16,18H,8-9H2,1-4H3/t14-,15+,16+/m1/s1. The van der Waals surface area contributed by atoms with Crippen LogP contribution in [-0.2, 0) is 14.6 Å². The van der Waals surface area contributed by atoms with Gasteiger partial charge in [0.1, 0.15) is 0 Å². The number of hydrogen-bond acceptors (Lipinski definition) is 4. The summed E-state index contributed by atoms with van der Waals surface area (Å²) >= 11 is 0. The zero-order chi connectivity index (χ0) is 16.9. The van der Waals surface area contributed by atoms with E-state index in [0.717, 1.165) is 16.8 Å². The van der Waals surface area contributed by atoms with Crippen LogP contribution in [0.1, 0.15) is 25.0 Å². The molecule has 2 heterocycles. The van der Waals surface area contributed by atoms with Crippen LogP contribution in [0.4, 0.5) is 5.69 Å². The first kappa shape index (κ1) is 16.5. The predicted molar refractivity (Wildman–Crippen MR) is 91.4 cm³/mol. The number of fused-ring (bicyclic) bond motifs is 1. The minimum Gasteiger partial charge on any atom is -0.305 e. The van der Waals surface area contributed by atoms with Gasteiger partial charge in [-0.1, -0.05) is 19.9 Å². The molecule has 0 aliphatic carbocycles. The first-order chi connectivity index (χ1) is 10.7. The number of carbonyl (C=O) groups is 1. The highest BCUT2D eigenvalue weighted by Gasteiger charge is 2.49. The summed E-state index contributed by atoms with van der Waals surface area (Å²) in [5, 5.41) is 3.28. The smallest absolute Gasteiger partial charge is 0.244 e. The molecule has 0 bridgehead atoms. The lowest BCUT2D eigenvalue weighted by atomic mass is 9.94. The first-order valence-corrected chi connectivity index (χ1v) is 9.88. The molecule has 1 amide bonds. The molecule has 2 aliphatic heterocycles. The molecule has 0 spiro atoms. The van der Waals surface area contributed by atoms with Crippen molar-refractivity contribution >= 4 is 21.4 Å². The Labute approximate surface area is 138 Å². The van der Waals surface area contributed by atoms with Crippen LogP contribution in [0.15, 0.2) is 18.2 Å². The minimum absolute atomic E-state index is 0.0263. The number of carbonyl (C=O) groups excluding carboxylic acids is 1. The van der Waals surface area contributed by atoms with E-state index in [1.165, 1.54) is 0 Å². The second kappa shape index (κ2) is 5.60. The van der Waals surface area contributed by atoms with E-state index in [-0.39, 0.29) is 41.5 Å². The van der Waals surface area contributed by atoms with Gasteiger partial charge in [0, 0.05) is 11.7 Å². The van der Waals surface area contributed by atoms with Crippen molar-refractivity contribution < 1.29 is 13.2 Å². The van der Waals surface area contributed by atoms with E-state index < -0.39 is 9.84 Å². The van der Waals surface area contributed by atoms with Gasteiger partial charge in [-0.25, -0.2) is 8.42 Å². The van der Waals surface area contributed by atoms with Gasteiger partial charge >= 0.3 is 0 Å². The Balaban J connectivity index is 2.06. The molecule has 1 aromatic rings. The Kier molecular flexibility index (Phi) is 4.01. The van der Waals surface area contributed by atoms with Gasteiger partial charge in [-0.2, -0.15) is 0 Å². The highest BCUT2D eigenvalue weighted by Crippen LogP contribution is 2.31. The molecule has 3 atom stereocenters. The maximum absolute atomic E-state index is 13.0. The molecule has 2 saturated heterocycles. The maximum Gasteiger partial charge on any atom is 0.244 e. The van der Waals surface area contributed by atoms with Crippen LogP contribution in [0.5, 0.6) is 0 Å². The van der Waals surface area contributed by atoms with Gasteiger partial charge in [0.2, 0.25) is 5.91 Å². The Morgan fingerprint density at radius 1 is 1.17 bits per heavy atom. The quantitative estimate of drug-likeness (QED) is 0.887. The third-order valence-corrected chi connectivity index (χ3v) is 6.70. The topological polar surface area (TPSA) is 66.5 Å². The number of nitrogens with zero attached hydrogens (tertiary/aromatic N) is 1. The average Bonchev–Trinajstić information content (AvgIpc) is 2.75. The molecular formula is C17H24N2O3S. The number of piperazine rings is 1. The Morgan fingerprint density at radius 2 is 1.87 bits per heavy atom. The number of rotatable bonds is 2. The molecule has 0 unspecified atom stereocenters. The van der Waals surface area contributed by atoms with E-state index in [1.54, 1.807) is 4.90 Å². The molecule has 2 aliphatic rings. The number of anilines is 1. The van der Waals surface area contributed by atoms with Gasteiger partial charge in [-0.05, 0) is 43.0 Å². The predicted octanol–water partition coefficient (Wildman–Crippen LogP) is 1.43. The van der Waals surface area contributed by atoms with Crippen LogP contribution in [0, 0.1) is 19.8 Å². The van der Waals surface area contributed by atoms with Crippen LogP contribution >= 0.6 is 0 Å². The summed E-state index contributed by atoms with van der Waals surface area (Å²) in [5.74, 6) is 0.228. The van der Waals surface area contributed by atoms with Crippen LogP contribution in [0.3, 0.4) is 0 Å². The number of nitrogens with one attached hydrogen (secondary N) is 1. The molecule has 23 heavy (non-hydrogen) atoms. The molecule has 0 aromatic heterocycles. The number of aryl methyl sites for hydroxylation is 2. The summed E-state index contributed by atoms with van der Waals surface area (Å²) in [5.41, 5.74) is 3.07. The number of benzene rings is 1. The maximum atomic E-state index is 13.0. The highest BCUT2D eigenvalue weighted by atomic mass is 32.2. The molecule has 5 nitrogen and oxygen atoms in total. The summed E-state index contributed by atoms with van der Waals surface area (Å²) in [7, 11) is -3.12. The van der Waals surface area contributed by atoms with Crippen LogP contribution < -0.4 is 10.2 Å². The van der Waals surface area contributed by atoms with Crippen molar-refractivity contribution in [2.24, 2.45) is 5.92 Å². The van der Waals surface area contributed by atoms with Gasteiger partial charge in [0.05, 0.1) is 23.6 Å². The minimum atomic E-state index is -3.12. The Morgan fingerprint density at radius 3 is 2.48 bits per heavy atom. The summed E-state index contributed by atoms with van der Waals surface area (Å²) < 4.78 is 24.2. The Hall–Kier alpha value is -1.40. The lowest BCUT2D eigenvalue weighted by molar-refractivity contribution is -0.123. The fourth-order valence-electron chi connectivity index (χ4n) is 3.53. The van der Waals surface area contributed by atoms with Crippen molar-refractivity contribution in [2.75, 3.05) is 16.4 Å². The summed E-state index contributed by atoms with van der Waals surface area (Å²) in [6.45, 7) is 8.00. The molecule has 1 aromatic carbocycles. The van der Waals surface area contributed by atoms with Crippen LogP contribution in [-0.4, -0.2) is 44.0 Å². The largest absolute Gasteiger partial charge is 0.305 e. The monoisotopic (exact) mass is 336 g/mol. The molecule has 2 fully saturated rings. The Bertz CT molecular complexity index is 742.